The molecule has 0 aliphatic heterocycles. The van der Waals surface area contributed by atoms with E-state index in [1.807, 2.05) is 0 Å². The molecule has 0 aliphatic rings. The lowest BCUT2D eigenvalue weighted by Gasteiger charge is -2.37. The average Bonchev–Trinajstić information content (AvgIpc) is 3.03. The Balaban J connectivity index is 1.87. The maximum absolute atomic E-state index is 14.1. The zero-order chi connectivity index (χ0) is 38.3. The number of amides is 1. The summed E-state index contributed by atoms with van der Waals surface area (Å²) in [6.45, 7) is 0. The maximum atomic E-state index is 14.1. The Bertz CT molecular complexity index is 1790. The van der Waals surface area contributed by atoms with Gasteiger partial charge in [-0.15, -0.1) is 26.3 Å². The van der Waals surface area contributed by atoms with Crippen LogP contribution in [0.2, 0.25) is 0 Å². The minimum atomic E-state index is -5.22. The minimum Gasteiger partial charge on any atom is -0.481 e. The van der Waals surface area contributed by atoms with Gasteiger partial charge in [-0.2, -0.15) is 13.2 Å². The van der Waals surface area contributed by atoms with Gasteiger partial charge in [-0.1, -0.05) is 55.0 Å². The minimum absolute atomic E-state index is 0.00655. The summed E-state index contributed by atoms with van der Waals surface area (Å²) < 4.78 is 143. The molecule has 0 aliphatic carbocycles. The van der Waals surface area contributed by atoms with Crippen molar-refractivity contribution in [3.05, 3.63) is 130 Å². The number of rotatable bonds is 14. The number of carbonyl (C=O) groups excluding carboxylic acids is 1. The Hall–Kier alpha value is -5.28. The summed E-state index contributed by atoms with van der Waals surface area (Å²) in [7, 11) is 0. The van der Waals surface area contributed by atoms with Crippen molar-refractivity contribution in [2.24, 2.45) is 0 Å². The number of aryl methyl sites for hydroxylation is 1. The molecule has 0 saturated carbocycles. The van der Waals surface area contributed by atoms with E-state index in [9.17, 15) is 53.5 Å². The summed E-state index contributed by atoms with van der Waals surface area (Å²) in [6.07, 6.45) is -13.7. The second-order valence-electron chi connectivity index (χ2n) is 11.7. The van der Waals surface area contributed by atoms with E-state index in [1.54, 1.807) is 24.3 Å². The van der Waals surface area contributed by atoms with Crippen molar-refractivity contribution in [1.82, 2.24) is 5.32 Å². The number of halogens is 10. The van der Waals surface area contributed by atoms with Crippen molar-refractivity contribution in [1.29, 1.82) is 0 Å². The lowest BCUT2D eigenvalue weighted by molar-refractivity contribution is -0.275. The van der Waals surface area contributed by atoms with Crippen LogP contribution in [0, 0.1) is 5.82 Å². The molecule has 16 heteroatoms. The molecule has 52 heavy (non-hydrogen) atoms. The molecule has 2 N–H and O–H groups in total. The van der Waals surface area contributed by atoms with Crippen LogP contribution in [0.1, 0.15) is 63.9 Å². The van der Waals surface area contributed by atoms with Crippen LogP contribution in [0.25, 0.3) is 0 Å². The molecule has 0 spiro atoms. The number of ether oxygens (including phenoxy) is 2. The second kappa shape index (κ2) is 15.9. The fraction of sp³-hybridized carbons (Fsp3) is 0.278. The molecule has 0 atom stereocenters. The Morgan fingerprint density at radius 3 is 1.69 bits per heavy atom. The fourth-order valence-corrected chi connectivity index (χ4v) is 5.54. The van der Waals surface area contributed by atoms with Crippen LogP contribution in [-0.2, 0) is 29.4 Å². The van der Waals surface area contributed by atoms with Crippen LogP contribution in [0.15, 0.2) is 91.0 Å². The number of hydrogen-bond donors (Lipinski definition) is 2. The van der Waals surface area contributed by atoms with Crippen molar-refractivity contribution in [2.45, 2.75) is 63.0 Å². The van der Waals surface area contributed by atoms with Gasteiger partial charge in [0.1, 0.15) is 17.3 Å². The molecule has 0 heterocycles. The Morgan fingerprint density at radius 2 is 1.19 bits per heavy atom. The topological polar surface area (TPSA) is 84.9 Å². The number of nitrogens with one attached hydrogen (secondary N) is 1. The first-order valence-corrected chi connectivity index (χ1v) is 15.5. The second-order valence-corrected chi connectivity index (χ2v) is 11.7. The van der Waals surface area contributed by atoms with Crippen LogP contribution in [0.3, 0.4) is 0 Å². The number of carboxylic acid groups (broad SMARTS) is 1. The highest BCUT2D eigenvalue weighted by Crippen LogP contribution is 2.39. The number of unbranched alkanes of at least 4 members (excludes halogenated alkanes) is 2. The molecule has 1 amide bonds. The van der Waals surface area contributed by atoms with E-state index in [4.69, 9.17) is 5.11 Å². The third kappa shape index (κ3) is 11.1. The van der Waals surface area contributed by atoms with E-state index in [2.05, 4.69) is 14.8 Å². The van der Waals surface area contributed by atoms with Crippen LogP contribution < -0.4 is 14.8 Å². The predicted octanol–water partition coefficient (Wildman–Crippen LogP) is 9.75. The lowest BCUT2D eigenvalue weighted by Crippen LogP contribution is -2.48. The van der Waals surface area contributed by atoms with E-state index in [0.29, 0.717) is 37.3 Å². The molecule has 6 nitrogen and oxygen atoms in total. The summed E-state index contributed by atoms with van der Waals surface area (Å²) in [4.78, 5) is 24.6. The van der Waals surface area contributed by atoms with Crippen molar-refractivity contribution in [3.63, 3.8) is 0 Å². The molecule has 0 unspecified atom stereocenters. The maximum Gasteiger partial charge on any atom is 0.573 e. The Labute approximate surface area is 290 Å². The highest BCUT2D eigenvalue weighted by molar-refractivity contribution is 5.95. The smallest absolute Gasteiger partial charge is 0.481 e. The molecule has 0 bridgehead atoms. The van der Waals surface area contributed by atoms with Gasteiger partial charge >= 0.3 is 24.9 Å². The summed E-state index contributed by atoms with van der Waals surface area (Å²) in [5.74, 6) is -5.47. The zero-order valence-electron chi connectivity index (χ0n) is 26.8. The third-order valence-corrected chi connectivity index (χ3v) is 7.83. The number of aliphatic carboxylic acids is 1. The number of carbonyl (C=O) groups is 2. The van der Waals surface area contributed by atoms with E-state index in [1.165, 1.54) is 12.1 Å². The van der Waals surface area contributed by atoms with Crippen molar-refractivity contribution in [3.8, 4) is 11.5 Å². The molecule has 4 aromatic carbocycles. The Kier molecular flexibility index (Phi) is 12.1. The summed E-state index contributed by atoms with van der Waals surface area (Å²) in [6, 6.07) is 16.2. The average molecular weight is 746 g/mol. The summed E-state index contributed by atoms with van der Waals surface area (Å²) >= 11 is 0. The Morgan fingerprint density at radius 1 is 0.654 bits per heavy atom. The fourth-order valence-electron chi connectivity index (χ4n) is 5.54. The third-order valence-electron chi connectivity index (χ3n) is 7.83. The van der Waals surface area contributed by atoms with Gasteiger partial charge in [-0.3, -0.25) is 9.59 Å². The van der Waals surface area contributed by atoms with Gasteiger partial charge in [0.15, 0.2) is 0 Å². The van der Waals surface area contributed by atoms with Gasteiger partial charge in [0, 0.05) is 18.4 Å². The molecule has 0 saturated heterocycles. The van der Waals surface area contributed by atoms with E-state index < -0.39 is 71.2 Å². The molecule has 0 fully saturated rings. The first-order chi connectivity index (χ1) is 24.2. The van der Waals surface area contributed by atoms with Crippen molar-refractivity contribution in [2.75, 3.05) is 0 Å². The number of alkyl halides is 9. The molecule has 0 radical (unpaired) electrons. The standard InChI is InChI=1S/C36H29F10NO5/c37-30-17-16-24(18-29(30)34(38,39)40)32(50)47-33(25-7-4-9-27(19-25)51-35(41,42)43,26-8-5-10-28(20-26)52-36(44,45)46)21-23-14-12-22(13-15-23)6-2-1-3-11-31(48)49/h4-5,7-10,12-20H,1-3,6,11,21H2,(H,47,50)(H,48,49). The van der Waals surface area contributed by atoms with Gasteiger partial charge in [0.25, 0.3) is 5.91 Å². The van der Waals surface area contributed by atoms with Gasteiger partial charge in [-0.25, -0.2) is 4.39 Å². The van der Waals surface area contributed by atoms with Crippen molar-refractivity contribution < 1.29 is 68.1 Å². The van der Waals surface area contributed by atoms with Gasteiger partial charge in [0.05, 0.1) is 11.1 Å². The van der Waals surface area contributed by atoms with Gasteiger partial charge < -0.3 is 19.9 Å². The van der Waals surface area contributed by atoms with Crippen LogP contribution in [-0.4, -0.2) is 29.7 Å². The van der Waals surface area contributed by atoms with E-state index >= 15 is 0 Å². The predicted molar refractivity (Wildman–Crippen MR) is 166 cm³/mol. The number of benzene rings is 4. The first-order valence-electron chi connectivity index (χ1n) is 15.5. The monoisotopic (exact) mass is 745 g/mol. The quantitative estimate of drug-likeness (QED) is 0.0993. The molecule has 0 aromatic heterocycles. The van der Waals surface area contributed by atoms with E-state index in [-0.39, 0.29) is 23.6 Å². The normalized spacial score (nSPS) is 12.3. The van der Waals surface area contributed by atoms with Crippen molar-refractivity contribution >= 4 is 11.9 Å². The van der Waals surface area contributed by atoms with Crippen LogP contribution in [0.5, 0.6) is 11.5 Å². The zero-order valence-corrected chi connectivity index (χ0v) is 26.8. The molecule has 278 valence electrons. The largest absolute Gasteiger partial charge is 0.573 e. The highest BCUT2D eigenvalue weighted by atomic mass is 19.4. The highest BCUT2D eigenvalue weighted by Gasteiger charge is 2.40. The first kappa shape index (κ1) is 39.5. The van der Waals surface area contributed by atoms with E-state index in [0.717, 1.165) is 48.0 Å². The van der Waals surface area contributed by atoms with Crippen LogP contribution in [0.4, 0.5) is 43.9 Å². The molecule has 4 aromatic rings. The van der Waals surface area contributed by atoms with Gasteiger partial charge in [0.2, 0.25) is 0 Å². The molecule has 4 rings (SSSR count). The summed E-state index contributed by atoms with van der Waals surface area (Å²) in [5, 5.41) is 11.4. The van der Waals surface area contributed by atoms with Crippen LogP contribution >= 0.6 is 0 Å². The lowest BCUT2D eigenvalue weighted by atomic mass is 9.77. The number of carboxylic acids is 1. The summed E-state index contributed by atoms with van der Waals surface area (Å²) in [5.41, 5.74) is -3.83. The molecular formula is C36H29F10NO5. The van der Waals surface area contributed by atoms with Gasteiger partial charge in [-0.05, 0) is 84.0 Å². The molecular weight excluding hydrogens is 716 g/mol. The number of hydrogen-bond acceptors (Lipinski definition) is 4. The SMILES string of the molecule is O=C(O)CCCCCc1ccc(CC(NC(=O)c2ccc(F)c(C(F)(F)F)c2)(c2cccc(OC(F)(F)F)c2)c2cccc(OC(F)(F)F)c2)cc1.